The second-order valence-corrected chi connectivity index (χ2v) is 7.71. The molecular formula is C24H21ClN2O6. The highest BCUT2D eigenvalue weighted by molar-refractivity contribution is 6.29. The average molecular weight is 469 g/mol. The first-order valence-corrected chi connectivity index (χ1v) is 10.5. The number of hydrogen-bond donors (Lipinski definition) is 1. The summed E-state index contributed by atoms with van der Waals surface area (Å²) in [4.78, 5) is 25.6. The Morgan fingerprint density at radius 1 is 1.09 bits per heavy atom. The molecule has 0 atom stereocenters. The number of fused-ring (bicyclic) bond motifs is 1. The molecule has 2 aromatic carbocycles. The summed E-state index contributed by atoms with van der Waals surface area (Å²) in [6.45, 7) is 1.81. The van der Waals surface area contributed by atoms with Crippen LogP contribution in [0.4, 0.5) is 5.69 Å². The average Bonchev–Trinajstić information content (AvgIpc) is 3.39. The van der Waals surface area contributed by atoms with Crippen molar-refractivity contribution >= 4 is 39.9 Å². The molecule has 0 saturated carbocycles. The van der Waals surface area contributed by atoms with Crippen LogP contribution < -0.4 is 14.8 Å². The van der Waals surface area contributed by atoms with Crippen LogP contribution in [0.2, 0.25) is 5.15 Å². The van der Waals surface area contributed by atoms with Crippen LogP contribution in [0.5, 0.6) is 11.5 Å². The molecule has 0 unspecified atom stereocenters. The second-order valence-electron chi connectivity index (χ2n) is 7.33. The second kappa shape index (κ2) is 9.38. The Bertz CT molecular complexity index is 1340. The van der Waals surface area contributed by atoms with E-state index < -0.39 is 0 Å². The van der Waals surface area contributed by atoms with E-state index in [2.05, 4.69) is 10.5 Å². The van der Waals surface area contributed by atoms with Gasteiger partial charge in [-0.05, 0) is 37.3 Å². The van der Waals surface area contributed by atoms with Crippen LogP contribution in [-0.2, 0) is 11.2 Å². The Morgan fingerprint density at radius 2 is 1.91 bits per heavy atom. The molecule has 0 aliphatic carbocycles. The number of furan rings is 1. The van der Waals surface area contributed by atoms with Gasteiger partial charge in [-0.3, -0.25) is 9.59 Å². The Hall–Kier alpha value is -3.78. The zero-order valence-corrected chi connectivity index (χ0v) is 19.0. The zero-order chi connectivity index (χ0) is 23.5. The molecule has 0 fully saturated rings. The van der Waals surface area contributed by atoms with Crippen molar-refractivity contribution in [3.8, 4) is 11.5 Å². The third-order valence-electron chi connectivity index (χ3n) is 5.21. The largest absolute Gasteiger partial charge is 0.497 e. The number of rotatable bonds is 8. The molecule has 2 heterocycles. The van der Waals surface area contributed by atoms with E-state index in [1.165, 1.54) is 14.2 Å². The number of hydrogen-bond acceptors (Lipinski definition) is 7. The fourth-order valence-corrected chi connectivity index (χ4v) is 3.66. The number of carbonyl (C=O) groups is 2. The summed E-state index contributed by atoms with van der Waals surface area (Å²) in [5, 5.41) is 7.43. The Kier molecular flexibility index (Phi) is 6.37. The SMILES string of the molecule is COc1ccc(OC)c(C(=O)c2oc3cc(NC(=O)CCc4cc(Cl)no4)ccc3c2C)c1. The first-order chi connectivity index (χ1) is 15.9. The molecule has 1 amide bonds. The lowest BCUT2D eigenvalue weighted by Gasteiger charge is -2.08. The number of nitrogens with one attached hydrogen (secondary N) is 1. The van der Waals surface area contributed by atoms with Crippen molar-refractivity contribution in [1.29, 1.82) is 0 Å². The fraction of sp³-hybridized carbons (Fsp3) is 0.208. The van der Waals surface area contributed by atoms with Crippen molar-refractivity contribution < 1.29 is 28.0 Å². The van der Waals surface area contributed by atoms with Crippen LogP contribution >= 0.6 is 11.6 Å². The number of halogens is 1. The lowest BCUT2D eigenvalue weighted by atomic mass is 10.0. The molecule has 9 heteroatoms. The summed E-state index contributed by atoms with van der Waals surface area (Å²) in [5.74, 6) is 1.15. The molecule has 33 heavy (non-hydrogen) atoms. The van der Waals surface area contributed by atoms with E-state index in [4.69, 9.17) is 30.0 Å². The number of aromatic nitrogens is 1. The molecule has 4 rings (SSSR count). The molecule has 2 aromatic heterocycles. The summed E-state index contributed by atoms with van der Waals surface area (Å²) in [6, 6.07) is 11.8. The minimum absolute atomic E-state index is 0.195. The molecule has 0 aliphatic heterocycles. The third kappa shape index (κ3) is 4.70. The standard InChI is InChI=1S/C24H21ClN2O6/c1-13-17-7-4-14(26-22(28)9-6-16-12-21(25)27-33-16)10-20(17)32-24(13)23(29)18-11-15(30-2)5-8-19(18)31-3/h4-5,7-8,10-12H,6,9H2,1-3H3,(H,26,28). The van der Waals surface area contributed by atoms with Crippen molar-refractivity contribution in [3.63, 3.8) is 0 Å². The summed E-state index contributed by atoms with van der Waals surface area (Å²) < 4.78 is 21.5. The van der Waals surface area contributed by atoms with Gasteiger partial charge in [-0.1, -0.05) is 16.8 Å². The number of carbonyl (C=O) groups excluding carboxylic acids is 2. The predicted octanol–water partition coefficient (Wildman–Crippen LogP) is 5.20. The number of methoxy groups -OCH3 is 2. The van der Waals surface area contributed by atoms with Crippen LogP contribution in [0.3, 0.4) is 0 Å². The maximum absolute atomic E-state index is 13.2. The number of ketones is 1. The molecule has 8 nitrogen and oxygen atoms in total. The molecule has 1 N–H and O–H groups in total. The van der Waals surface area contributed by atoms with Gasteiger partial charge in [-0.2, -0.15) is 0 Å². The third-order valence-corrected chi connectivity index (χ3v) is 5.39. The molecule has 4 aromatic rings. The molecule has 0 bridgehead atoms. The van der Waals surface area contributed by atoms with E-state index in [9.17, 15) is 9.59 Å². The number of ether oxygens (including phenoxy) is 2. The Morgan fingerprint density at radius 3 is 2.61 bits per heavy atom. The maximum Gasteiger partial charge on any atom is 0.232 e. The summed E-state index contributed by atoms with van der Waals surface area (Å²) in [6.07, 6.45) is 0.564. The topological polar surface area (TPSA) is 104 Å². The molecule has 170 valence electrons. The monoisotopic (exact) mass is 468 g/mol. The van der Waals surface area contributed by atoms with Gasteiger partial charge in [0.2, 0.25) is 11.7 Å². The molecule has 0 radical (unpaired) electrons. The molecular weight excluding hydrogens is 448 g/mol. The quantitative estimate of drug-likeness (QED) is 0.354. The van der Waals surface area contributed by atoms with E-state index in [-0.39, 0.29) is 29.0 Å². The van der Waals surface area contributed by atoms with Crippen molar-refractivity contribution in [2.75, 3.05) is 19.5 Å². The van der Waals surface area contributed by atoms with Crippen molar-refractivity contribution in [3.05, 3.63) is 70.3 Å². The lowest BCUT2D eigenvalue weighted by molar-refractivity contribution is -0.116. The molecule has 0 spiro atoms. The van der Waals surface area contributed by atoms with Gasteiger partial charge in [0.25, 0.3) is 0 Å². The van der Waals surface area contributed by atoms with Crippen LogP contribution in [-0.4, -0.2) is 31.1 Å². The van der Waals surface area contributed by atoms with Gasteiger partial charge in [-0.25, -0.2) is 0 Å². The minimum Gasteiger partial charge on any atom is -0.497 e. The predicted molar refractivity (Wildman–Crippen MR) is 122 cm³/mol. The number of aryl methyl sites for hydroxylation is 2. The number of amides is 1. The van der Waals surface area contributed by atoms with Crippen LogP contribution in [0.25, 0.3) is 11.0 Å². The highest BCUT2D eigenvalue weighted by Crippen LogP contribution is 2.32. The van der Waals surface area contributed by atoms with Gasteiger partial charge < -0.3 is 23.7 Å². The van der Waals surface area contributed by atoms with Crippen LogP contribution in [0, 0.1) is 6.92 Å². The maximum atomic E-state index is 13.2. The summed E-state index contributed by atoms with van der Waals surface area (Å²) in [5.41, 5.74) is 2.06. The number of nitrogens with zero attached hydrogens (tertiary/aromatic N) is 1. The lowest BCUT2D eigenvalue weighted by Crippen LogP contribution is -2.12. The highest BCUT2D eigenvalue weighted by Gasteiger charge is 2.23. The number of benzene rings is 2. The highest BCUT2D eigenvalue weighted by atomic mass is 35.5. The smallest absolute Gasteiger partial charge is 0.232 e. The zero-order valence-electron chi connectivity index (χ0n) is 18.2. The molecule has 0 saturated heterocycles. The first kappa shape index (κ1) is 22.4. The number of anilines is 1. The van der Waals surface area contributed by atoms with Crippen molar-refractivity contribution in [2.24, 2.45) is 0 Å². The molecule has 0 aliphatic rings. The van der Waals surface area contributed by atoms with Crippen molar-refractivity contribution in [2.45, 2.75) is 19.8 Å². The van der Waals surface area contributed by atoms with E-state index in [1.807, 2.05) is 6.92 Å². The summed E-state index contributed by atoms with van der Waals surface area (Å²) >= 11 is 5.72. The van der Waals surface area contributed by atoms with Crippen molar-refractivity contribution in [1.82, 2.24) is 5.16 Å². The van der Waals surface area contributed by atoms with E-state index in [0.29, 0.717) is 46.1 Å². The van der Waals surface area contributed by atoms with Crippen LogP contribution in [0.15, 0.2) is 51.4 Å². The van der Waals surface area contributed by atoms with Gasteiger partial charge >= 0.3 is 0 Å². The van der Waals surface area contributed by atoms with Gasteiger partial charge in [0.05, 0.1) is 19.8 Å². The van der Waals surface area contributed by atoms with E-state index >= 15 is 0 Å². The Labute approximate surface area is 194 Å². The van der Waals surface area contributed by atoms with Gasteiger partial charge in [-0.15, -0.1) is 0 Å². The van der Waals surface area contributed by atoms with E-state index in [0.717, 1.165) is 5.39 Å². The fourth-order valence-electron chi connectivity index (χ4n) is 3.50. The minimum atomic E-state index is -0.323. The first-order valence-electron chi connectivity index (χ1n) is 10.1. The van der Waals surface area contributed by atoms with Gasteiger partial charge in [0.1, 0.15) is 22.8 Å². The van der Waals surface area contributed by atoms with Crippen LogP contribution in [0.1, 0.15) is 33.9 Å². The normalized spacial score (nSPS) is 10.9. The van der Waals surface area contributed by atoms with Gasteiger partial charge in [0.15, 0.2) is 10.9 Å². The van der Waals surface area contributed by atoms with E-state index in [1.54, 1.807) is 42.5 Å². The van der Waals surface area contributed by atoms with Gasteiger partial charge in [0, 0.05) is 41.6 Å². The Balaban J connectivity index is 1.55. The summed E-state index contributed by atoms with van der Waals surface area (Å²) in [7, 11) is 3.02.